The molecule has 7 fully saturated rings. The van der Waals surface area contributed by atoms with Crippen LogP contribution in [0.4, 0.5) is 0 Å². The lowest BCUT2D eigenvalue weighted by atomic mass is 9.50. The molecule has 20 atom stereocenters. The molecule has 12 N–H and O–H groups in total. The van der Waals surface area contributed by atoms with Crippen molar-refractivity contribution in [1.29, 1.82) is 0 Å². The number of nitrogens with two attached hydrogens (primary N) is 1. The molecule has 6 aliphatic carbocycles. The third-order valence-electron chi connectivity index (χ3n) is 22.1. The minimum atomic E-state index is -2.51. The summed E-state index contributed by atoms with van der Waals surface area (Å²) < 4.78 is 32.8. The number of esters is 1. The molecule has 452 valence electrons. The van der Waals surface area contributed by atoms with Crippen molar-refractivity contribution in [3.8, 4) is 11.5 Å². The molecule has 81 heavy (non-hydrogen) atoms. The number of rotatable bonds is 9. The van der Waals surface area contributed by atoms with E-state index < -0.39 is 82.1 Å². The lowest BCUT2D eigenvalue weighted by Crippen LogP contribution is -2.86. The number of benzene rings is 1. The van der Waals surface area contributed by atoms with Gasteiger partial charge in [0.15, 0.2) is 22.9 Å². The van der Waals surface area contributed by atoms with E-state index in [4.69, 9.17) is 29.1 Å². The number of furan rings is 1. The zero-order chi connectivity index (χ0) is 57.1. The lowest BCUT2D eigenvalue weighted by Gasteiger charge is -2.67. The van der Waals surface area contributed by atoms with E-state index in [1.165, 1.54) is 0 Å². The molecule has 2 saturated heterocycles. The number of hydrogen-bond acceptors (Lipinski definition) is 18. The van der Waals surface area contributed by atoms with Crippen LogP contribution >= 0.6 is 21.6 Å². The Morgan fingerprint density at radius 2 is 1.83 bits per heavy atom. The molecule has 18 nitrogen and oxygen atoms in total. The molecule has 11 rings (SSSR count). The molecule has 1 aromatic heterocycles. The number of nitrogens with one attached hydrogen (secondary N) is 3. The molecule has 0 radical (unpaired) electrons. The number of aryl methyl sites for hydroxylation is 1. The van der Waals surface area contributed by atoms with Gasteiger partial charge in [-0.15, -0.1) is 0 Å². The first-order valence-corrected chi connectivity index (χ1v) is 33.1. The minimum absolute atomic E-state index is 0.00678. The first-order valence-electron chi connectivity index (χ1n) is 30.7. The van der Waals surface area contributed by atoms with Crippen LogP contribution in [0.2, 0.25) is 0 Å². The zero-order valence-corrected chi connectivity index (χ0v) is 49.7. The third kappa shape index (κ3) is 10.5. The van der Waals surface area contributed by atoms with Crippen LogP contribution in [0.15, 0.2) is 40.0 Å². The number of aliphatic imine (C=N–C) groups is 1. The van der Waals surface area contributed by atoms with E-state index in [9.17, 15) is 40.5 Å². The second-order valence-electron chi connectivity index (χ2n) is 26.5. The summed E-state index contributed by atoms with van der Waals surface area (Å²) in [5, 5.41) is 102. The van der Waals surface area contributed by atoms with Crippen molar-refractivity contribution in [2.45, 2.75) is 200 Å². The number of aliphatic hydroxyl groups excluding tert-OH is 4. The van der Waals surface area contributed by atoms with E-state index in [0.717, 1.165) is 83.6 Å². The van der Waals surface area contributed by atoms with Crippen LogP contribution in [0.25, 0.3) is 11.0 Å². The number of nitrogens with zero attached hydrogens (tertiary/aromatic N) is 1. The Balaban J connectivity index is 1.08. The Morgan fingerprint density at radius 1 is 0.988 bits per heavy atom. The number of guanidine groups is 1. The molecule has 0 unspecified atom stereocenters. The average Bonchev–Trinajstić information content (AvgIpc) is 1.51. The summed E-state index contributed by atoms with van der Waals surface area (Å²) in [5.41, 5.74) is -0.583. The van der Waals surface area contributed by atoms with Gasteiger partial charge in [0, 0.05) is 66.4 Å². The Bertz CT molecular complexity index is 2610. The Kier molecular flexibility index (Phi) is 17.6. The maximum absolute atomic E-state index is 13.9. The molecular formula is C61H93N5O13S2. The van der Waals surface area contributed by atoms with Crippen molar-refractivity contribution in [3.63, 3.8) is 0 Å². The second kappa shape index (κ2) is 23.8. The summed E-state index contributed by atoms with van der Waals surface area (Å²) in [4.78, 5) is 17.3. The van der Waals surface area contributed by atoms with Crippen molar-refractivity contribution in [3.05, 3.63) is 36.1 Å². The fraction of sp³-hybridized carbons (Fsp3) is 0.803. The van der Waals surface area contributed by atoms with Gasteiger partial charge in [-0.05, 0) is 182 Å². The number of carbonyl (C=O) groups excluding carboxylic acids is 1. The van der Waals surface area contributed by atoms with Crippen molar-refractivity contribution >= 4 is 44.5 Å². The maximum atomic E-state index is 13.9. The molecule has 5 bridgehead atoms. The van der Waals surface area contributed by atoms with Gasteiger partial charge in [-0.25, -0.2) is 0 Å². The normalized spacial score (nSPS) is 44.7. The summed E-state index contributed by atoms with van der Waals surface area (Å²) in [6.07, 6.45) is 11.9. The molecule has 1 aromatic carbocycles. The van der Waals surface area contributed by atoms with Gasteiger partial charge in [-0.3, -0.25) is 9.79 Å². The Labute approximate surface area is 485 Å². The monoisotopic (exact) mass is 1170 g/mol. The zero-order valence-electron chi connectivity index (χ0n) is 48.1. The molecule has 9 aliphatic rings. The van der Waals surface area contributed by atoms with E-state index in [1.807, 2.05) is 30.0 Å². The van der Waals surface area contributed by atoms with Gasteiger partial charge in [0.25, 0.3) is 0 Å². The number of ether oxygens (including phenoxy) is 4. The second-order valence-corrected chi connectivity index (χ2v) is 29.1. The average molecular weight is 1170 g/mol. The summed E-state index contributed by atoms with van der Waals surface area (Å²) in [7, 11) is 7.16. The highest BCUT2D eigenvalue weighted by molar-refractivity contribution is 8.77. The summed E-state index contributed by atoms with van der Waals surface area (Å²) >= 11 is 0. The van der Waals surface area contributed by atoms with E-state index in [2.05, 4.69) is 27.9 Å². The van der Waals surface area contributed by atoms with Crippen molar-refractivity contribution in [2.75, 3.05) is 52.8 Å². The van der Waals surface area contributed by atoms with Crippen molar-refractivity contribution in [2.24, 2.45) is 63.5 Å². The minimum Gasteiger partial charge on any atom is -0.485 e. The van der Waals surface area contributed by atoms with Crippen LogP contribution in [0, 0.1) is 52.8 Å². The Morgan fingerprint density at radius 3 is 2.62 bits per heavy atom. The predicted octanol–water partition coefficient (Wildman–Crippen LogP) is 5.48. The lowest BCUT2D eigenvalue weighted by molar-refractivity contribution is -0.424. The number of hydrogen-bond donors (Lipinski definition) is 11. The fourth-order valence-corrected chi connectivity index (χ4v) is 22.6. The van der Waals surface area contributed by atoms with E-state index in [-0.39, 0.29) is 97.3 Å². The summed E-state index contributed by atoms with van der Waals surface area (Å²) in [6, 6.07) is 3.75. The van der Waals surface area contributed by atoms with Gasteiger partial charge in [-0.1, -0.05) is 53.5 Å². The summed E-state index contributed by atoms with van der Waals surface area (Å²) in [5.74, 6) is -1.29. The predicted molar refractivity (Wildman–Crippen MR) is 311 cm³/mol. The van der Waals surface area contributed by atoms with Gasteiger partial charge >= 0.3 is 5.97 Å². The molecule has 5 saturated carbocycles. The molecular weight excluding hydrogens is 1070 g/mol. The van der Waals surface area contributed by atoms with Crippen LogP contribution in [0.3, 0.4) is 0 Å². The van der Waals surface area contributed by atoms with Crippen molar-refractivity contribution < 1.29 is 63.9 Å². The Hall–Kier alpha value is -2.86. The van der Waals surface area contributed by atoms with E-state index >= 15 is 0 Å². The molecule has 2 aromatic rings. The first-order chi connectivity index (χ1) is 38.9. The largest absolute Gasteiger partial charge is 0.485 e. The fourth-order valence-electron chi connectivity index (χ4n) is 18.4. The van der Waals surface area contributed by atoms with E-state index in [0.29, 0.717) is 54.2 Å². The highest BCUT2D eigenvalue weighted by atomic mass is 33.1. The van der Waals surface area contributed by atoms with Crippen LogP contribution in [0.5, 0.6) is 11.5 Å². The highest BCUT2D eigenvalue weighted by Crippen LogP contribution is 2.71. The molecule has 20 heteroatoms. The molecule has 3 aliphatic heterocycles. The summed E-state index contributed by atoms with van der Waals surface area (Å²) in [6.45, 7) is 5.21. The maximum Gasteiger partial charge on any atom is 0.306 e. The van der Waals surface area contributed by atoms with Gasteiger partial charge in [0.05, 0.1) is 30.7 Å². The van der Waals surface area contributed by atoms with Crippen LogP contribution in [-0.4, -0.2) is 164 Å². The topological polar surface area (TPSA) is 283 Å². The quantitative estimate of drug-likeness (QED) is 0.0487. The van der Waals surface area contributed by atoms with Gasteiger partial charge in [0.2, 0.25) is 12.0 Å². The number of carbonyl (C=O) groups is 1. The van der Waals surface area contributed by atoms with Crippen LogP contribution in [0.1, 0.15) is 135 Å². The van der Waals surface area contributed by atoms with Crippen LogP contribution < -0.4 is 31.2 Å². The first kappa shape index (κ1) is 59.9. The number of allylic oxidation sites excluding steroid dienone is 1. The number of fused-ring (bicyclic) bond motifs is 12. The smallest absolute Gasteiger partial charge is 0.306 e. The van der Waals surface area contributed by atoms with Crippen LogP contribution in [-0.2, 0) is 20.7 Å². The molecule has 0 amide bonds. The number of aliphatic hydroxyl groups is 7. The van der Waals surface area contributed by atoms with E-state index in [1.54, 1.807) is 43.2 Å². The third-order valence-corrected chi connectivity index (χ3v) is 25.5. The van der Waals surface area contributed by atoms with Gasteiger partial charge < -0.3 is 80.8 Å². The molecule has 4 heterocycles. The standard InChI is InChI=1S/C61H93N5O13S2/c1-5-75-47(70)16-12-37-27-38-19-25-76-49(38)51-50(37)78-54-61(74)48-39(11-14-44(68)43(48)33-67)31-59(73,53(61)71)60(79-54)34-80-81-58(45(65-24-26-77-51)15-9-35(2)7-6-8-46(60)69)23-22-56(20-17-36(29-56)32-63-3)52(58)40-10-13-41-28-42(66-55(62)64-4)18-21-57(41,72)30-40/h11,14,19,25,27,35-36,39-46,48,52-54,63,65,67-69,71-74H,5-10,12-13,15-18,20-24,26,28-34H2,1-4H3,(H3,62,64,66)/t35-,36-,39+,40-,41+,42-,43-,44-,45+,46-,48+,52-,53+,54-,56+,57-,58-,59+,60-,61-/m1/s1. The van der Waals surface area contributed by atoms with Gasteiger partial charge in [0.1, 0.15) is 23.9 Å². The van der Waals surface area contributed by atoms with Gasteiger partial charge in [-0.2, -0.15) is 0 Å². The highest BCUT2D eigenvalue weighted by Gasteiger charge is 2.78. The SMILES string of the molecule is CCOC(=O)CCc1cc2ccoc2c2c1O[C@@H]1O[C@@]3(CSS[C@]4(CC[C@]5(CC[C@@H](CNC)C5)[C@H]4[C@@H]4CC[C@H]5C[C@H](NC(N)=NC)CC[C@@]5(O)C4)[C@H](CC[C@H](C)CCC[C@H]3O)NCCO2)[C@]2(O)C[C@@H]3C=C[C@@H](O)[C@@H](CO)[C@H]3[C@@]1(O)[C@H]2O. The molecule has 3 spiro atoms. The van der Waals surface area contributed by atoms with Crippen molar-refractivity contribution in [1.82, 2.24) is 16.0 Å².